The molecule has 2 aromatic carbocycles. The highest BCUT2D eigenvalue weighted by molar-refractivity contribution is 7.90. The van der Waals surface area contributed by atoms with Crippen molar-refractivity contribution in [3.63, 3.8) is 0 Å². The lowest BCUT2D eigenvalue weighted by molar-refractivity contribution is 0.0976. The van der Waals surface area contributed by atoms with Crippen LogP contribution in [-0.4, -0.2) is 29.3 Å². The molecule has 0 bridgehead atoms. The summed E-state index contributed by atoms with van der Waals surface area (Å²) in [6, 6.07) is 7.57. The van der Waals surface area contributed by atoms with Crippen LogP contribution in [-0.2, 0) is 10.0 Å². The van der Waals surface area contributed by atoms with Crippen LogP contribution >= 0.6 is 34.8 Å². The minimum absolute atomic E-state index is 0.152. The van der Waals surface area contributed by atoms with Crippen molar-refractivity contribution in [2.75, 3.05) is 0 Å². The van der Waals surface area contributed by atoms with Crippen LogP contribution in [0.5, 0.6) is 0 Å². The van der Waals surface area contributed by atoms with Crippen LogP contribution in [0.15, 0.2) is 41.3 Å². The van der Waals surface area contributed by atoms with Gasteiger partial charge in [0.1, 0.15) is 10.7 Å². The lowest BCUT2D eigenvalue weighted by Gasteiger charge is -2.08. The molecular formula is C16H10Cl3FN4O3S. The number of benzene rings is 2. The Morgan fingerprint density at radius 3 is 2.36 bits per heavy atom. The molecule has 0 saturated heterocycles. The van der Waals surface area contributed by atoms with E-state index in [4.69, 9.17) is 34.8 Å². The zero-order valence-corrected chi connectivity index (χ0v) is 17.0. The minimum Gasteiger partial charge on any atom is -0.266 e. The number of hydrogen-bond acceptors (Lipinski definition) is 5. The van der Waals surface area contributed by atoms with E-state index in [1.807, 2.05) is 0 Å². The molecule has 146 valence electrons. The largest absolute Gasteiger partial charge is 0.287 e. The molecule has 1 aromatic heterocycles. The molecule has 3 rings (SSSR count). The number of nitrogens with one attached hydrogen (secondary N) is 1. The van der Waals surface area contributed by atoms with Crippen molar-refractivity contribution in [1.29, 1.82) is 0 Å². The number of carbonyl (C=O) groups is 1. The Labute approximate surface area is 174 Å². The van der Waals surface area contributed by atoms with E-state index in [1.165, 1.54) is 35.9 Å². The van der Waals surface area contributed by atoms with Crippen molar-refractivity contribution in [3.05, 3.63) is 68.7 Å². The van der Waals surface area contributed by atoms with Gasteiger partial charge < -0.3 is 0 Å². The standard InChI is InChI=1S/C16H10Cl3FN4O3S/c1-8-15(16(25)22-28(26,27)13-5-3-2-4-12(13)20)21-23-24(8)9-6-10(17)14(19)11(18)7-9/h2-7H,1H3,(H,22,25). The van der Waals surface area contributed by atoms with Crippen LogP contribution < -0.4 is 4.72 Å². The van der Waals surface area contributed by atoms with Gasteiger partial charge in [-0.05, 0) is 31.2 Å². The zero-order valence-electron chi connectivity index (χ0n) is 14.0. The maximum atomic E-state index is 13.8. The van der Waals surface area contributed by atoms with Crippen molar-refractivity contribution >= 4 is 50.7 Å². The third-order valence-electron chi connectivity index (χ3n) is 3.68. The monoisotopic (exact) mass is 462 g/mol. The molecule has 28 heavy (non-hydrogen) atoms. The third kappa shape index (κ3) is 3.83. The number of sulfonamides is 1. The van der Waals surface area contributed by atoms with E-state index in [1.54, 1.807) is 4.72 Å². The Balaban J connectivity index is 1.94. The number of amides is 1. The quantitative estimate of drug-likeness (QED) is 0.594. The summed E-state index contributed by atoms with van der Waals surface area (Å²) in [7, 11) is -4.44. The van der Waals surface area contributed by atoms with Crippen molar-refractivity contribution in [3.8, 4) is 5.69 Å². The van der Waals surface area contributed by atoms with E-state index in [0.717, 1.165) is 12.1 Å². The first-order valence-corrected chi connectivity index (χ1v) is 10.1. The number of nitrogens with zero attached hydrogens (tertiary/aromatic N) is 3. The fourth-order valence-corrected chi connectivity index (χ4v) is 3.95. The summed E-state index contributed by atoms with van der Waals surface area (Å²) in [5.41, 5.74) is 0.290. The Bertz CT molecular complexity index is 1170. The van der Waals surface area contributed by atoms with Gasteiger partial charge in [0, 0.05) is 0 Å². The summed E-state index contributed by atoms with van der Waals surface area (Å²) >= 11 is 17.9. The zero-order chi connectivity index (χ0) is 20.6. The van der Waals surface area contributed by atoms with Crippen LogP contribution in [0.1, 0.15) is 16.2 Å². The predicted octanol–water partition coefficient (Wildman–Crippen LogP) is 3.79. The summed E-state index contributed by atoms with van der Waals surface area (Å²) in [5, 5.41) is 7.98. The second-order valence-corrected chi connectivity index (χ2v) is 8.37. The highest BCUT2D eigenvalue weighted by Crippen LogP contribution is 2.32. The summed E-state index contributed by atoms with van der Waals surface area (Å²) in [5.74, 6) is -2.06. The molecule has 7 nitrogen and oxygen atoms in total. The van der Waals surface area contributed by atoms with Crippen LogP contribution in [0.4, 0.5) is 4.39 Å². The molecule has 3 aromatic rings. The molecule has 0 fully saturated rings. The molecule has 0 aliphatic carbocycles. The topological polar surface area (TPSA) is 93.9 Å². The molecule has 1 amide bonds. The van der Waals surface area contributed by atoms with Gasteiger partial charge >= 0.3 is 0 Å². The van der Waals surface area contributed by atoms with Crippen molar-refractivity contribution in [1.82, 2.24) is 19.7 Å². The molecule has 1 heterocycles. The van der Waals surface area contributed by atoms with Gasteiger partial charge in [0.2, 0.25) is 0 Å². The number of halogens is 4. The number of carbonyl (C=O) groups excluding carboxylic acids is 1. The fourth-order valence-electron chi connectivity index (χ4n) is 2.34. The highest BCUT2D eigenvalue weighted by Gasteiger charge is 2.26. The molecule has 0 spiro atoms. The minimum atomic E-state index is -4.44. The van der Waals surface area contributed by atoms with E-state index in [2.05, 4.69) is 10.3 Å². The van der Waals surface area contributed by atoms with Gasteiger partial charge in [0.05, 0.1) is 26.4 Å². The first kappa shape index (κ1) is 20.5. The number of hydrogen-bond donors (Lipinski definition) is 1. The molecule has 0 radical (unpaired) electrons. The second kappa shape index (κ2) is 7.67. The molecule has 0 aliphatic heterocycles. The summed E-state index contributed by atoms with van der Waals surface area (Å²) < 4.78 is 41.3. The first-order chi connectivity index (χ1) is 13.1. The average molecular weight is 464 g/mol. The van der Waals surface area contributed by atoms with Crippen LogP contribution in [0, 0.1) is 12.7 Å². The number of aromatic nitrogens is 3. The Kier molecular flexibility index (Phi) is 5.62. The Morgan fingerprint density at radius 2 is 1.75 bits per heavy atom. The van der Waals surface area contributed by atoms with Crippen LogP contribution in [0.25, 0.3) is 5.69 Å². The van der Waals surface area contributed by atoms with Gasteiger partial charge in [-0.25, -0.2) is 22.2 Å². The fraction of sp³-hybridized carbons (Fsp3) is 0.0625. The highest BCUT2D eigenvalue weighted by atomic mass is 35.5. The predicted molar refractivity (Wildman–Crippen MR) is 102 cm³/mol. The lowest BCUT2D eigenvalue weighted by atomic mass is 10.3. The molecule has 0 aliphatic rings. The normalized spacial score (nSPS) is 11.5. The average Bonchev–Trinajstić information content (AvgIpc) is 3.00. The van der Waals surface area contributed by atoms with Gasteiger partial charge in [-0.2, -0.15) is 0 Å². The van der Waals surface area contributed by atoms with Gasteiger partial charge in [0.25, 0.3) is 15.9 Å². The van der Waals surface area contributed by atoms with Crippen molar-refractivity contribution in [2.45, 2.75) is 11.8 Å². The van der Waals surface area contributed by atoms with Crippen molar-refractivity contribution < 1.29 is 17.6 Å². The SMILES string of the molecule is Cc1c(C(=O)NS(=O)(=O)c2ccccc2F)nnn1-c1cc(Cl)c(Cl)c(Cl)c1. The summed E-state index contributed by atoms with van der Waals surface area (Å²) in [4.78, 5) is 11.7. The Hall–Kier alpha value is -2.20. The van der Waals surface area contributed by atoms with E-state index in [9.17, 15) is 17.6 Å². The molecule has 0 saturated carbocycles. The molecule has 12 heteroatoms. The first-order valence-electron chi connectivity index (χ1n) is 7.50. The van der Waals surface area contributed by atoms with Crippen LogP contribution in [0.3, 0.4) is 0 Å². The van der Waals surface area contributed by atoms with E-state index in [-0.39, 0.29) is 26.5 Å². The van der Waals surface area contributed by atoms with Crippen LogP contribution in [0.2, 0.25) is 15.1 Å². The molecule has 1 N–H and O–H groups in total. The van der Waals surface area contributed by atoms with E-state index >= 15 is 0 Å². The number of rotatable bonds is 4. The summed E-state index contributed by atoms with van der Waals surface area (Å²) in [6.45, 7) is 1.49. The van der Waals surface area contributed by atoms with Gasteiger partial charge in [-0.3, -0.25) is 4.79 Å². The van der Waals surface area contributed by atoms with E-state index in [0.29, 0.717) is 5.69 Å². The lowest BCUT2D eigenvalue weighted by Crippen LogP contribution is -2.32. The third-order valence-corrected chi connectivity index (χ3v) is 6.24. The second-order valence-electron chi connectivity index (χ2n) is 5.52. The summed E-state index contributed by atoms with van der Waals surface area (Å²) in [6.07, 6.45) is 0. The van der Waals surface area contributed by atoms with Gasteiger partial charge in [-0.1, -0.05) is 52.1 Å². The Morgan fingerprint density at radius 1 is 1.14 bits per heavy atom. The molecule has 0 atom stereocenters. The maximum absolute atomic E-state index is 13.8. The van der Waals surface area contributed by atoms with Gasteiger partial charge in [-0.15, -0.1) is 5.10 Å². The molecule has 0 unspecified atom stereocenters. The van der Waals surface area contributed by atoms with E-state index < -0.39 is 26.6 Å². The smallest absolute Gasteiger partial charge is 0.266 e. The van der Waals surface area contributed by atoms with Gasteiger partial charge in [0.15, 0.2) is 5.69 Å². The maximum Gasteiger partial charge on any atom is 0.287 e. The molecular weight excluding hydrogens is 454 g/mol. The van der Waals surface area contributed by atoms with Crippen molar-refractivity contribution in [2.24, 2.45) is 0 Å².